The SMILES string of the molecule is CCc1cccc(CNCCCNC(=O)c2cccc(C=O)c2)c1. The maximum absolute atomic E-state index is 12.0. The zero-order chi connectivity index (χ0) is 17.2. The Hall–Kier alpha value is -2.46. The summed E-state index contributed by atoms with van der Waals surface area (Å²) in [4.78, 5) is 22.7. The Kier molecular flexibility index (Phi) is 7.18. The fraction of sp³-hybridized carbons (Fsp3) is 0.300. The Balaban J connectivity index is 1.65. The minimum absolute atomic E-state index is 0.144. The van der Waals surface area contributed by atoms with E-state index in [4.69, 9.17) is 0 Å². The highest BCUT2D eigenvalue weighted by atomic mass is 16.1. The molecule has 126 valence electrons. The van der Waals surface area contributed by atoms with Crippen molar-refractivity contribution in [2.45, 2.75) is 26.3 Å². The summed E-state index contributed by atoms with van der Waals surface area (Å²) >= 11 is 0. The quantitative estimate of drug-likeness (QED) is 0.551. The van der Waals surface area contributed by atoms with Crippen molar-refractivity contribution in [1.29, 1.82) is 0 Å². The van der Waals surface area contributed by atoms with Gasteiger partial charge in [-0.3, -0.25) is 9.59 Å². The van der Waals surface area contributed by atoms with Crippen molar-refractivity contribution in [3.63, 3.8) is 0 Å². The van der Waals surface area contributed by atoms with Crippen LogP contribution in [0.1, 0.15) is 45.2 Å². The normalized spacial score (nSPS) is 10.4. The van der Waals surface area contributed by atoms with Crippen LogP contribution in [0.5, 0.6) is 0 Å². The molecule has 4 nitrogen and oxygen atoms in total. The van der Waals surface area contributed by atoms with Crippen molar-refractivity contribution in [3.8, 4) is 0 Å². The average Bonchev–Trinajstić information content (AvgIpc) is 2.64. The van der Waals surface area contributed by atoms with E-state index in [2.05, 4.69) is 41.8 Å². The molecule has 0 atom stereocenters. The first-order valence-corrected chi connectivity index (χ1v) is 8.35. The van der Waals surface area contributed by atoms with Gasteiger partial charge >= 0.3 is 0 Å². The summed E-state index contributed by atoms with van der Waals surface area (Å²) in [5.74, 6) is -0.144. The fourth-order valence-electron chi connectivity index (χ4n) is 2.46. The molecule has 0 bridgehead atoms. The summed E-state index contributed by atoms with van der Waals surface area (Å²) in [5.41, 5.74) is 3.66. The van der Waals surface area contributed by atoms with E-state index in [1.54, 1.807) is 24.3 Å². The summed E-state index contributed by atoms with van der Waals surface area (Å²) in [6, 6.07) is 15.3. The van der Waals surface area contributed by atoms with E-state index < -0.39 is 0 Å². The van der Waals surface area contributed by atoms with Crippen molar-refractivity contribution in [2.75, 3.05) is 13.1 Å². The first-order chi connectivity index (χ1) is 11.7. The van der Waals surface area contributed by atoms with Crippen LogP contribution in [0.15, 0.2) is 48.5 Å². The molecule has 0 saturated carbocycles. The highest BCUT2D eigenvalue weighted by molar-refractivity contribution is 5.95. The lowest BCUT2D eigenvalue weighted by Gasteiger charge is -2.08. The summed E-state index contributed by atoms with van der Waals surface area (Å²) in [6.07, 6.45) is 2.64. The van der Waals surface area contributed by atoms with Crippen LogP contribution in [-0.4, -0.2) is 25.3 Å². The predicted octanol–water partition coefficient (Wildman–Crippen LogP) is 2.97. The molecule has 0 aromatic heterocycles. The van der Waals surface area contributed by atoms with Crippen molar-refractivity contribution in [1.82, 2.24) is 10.6 Å². The van der Waals surface area contributed by atoms with Gasteiger partial charge in [0.1, 0.15) is 6.29 Å². The van der Waals surface area contributed by atoms with Crippen LogP contribution in [0.25, 0.3) is 0 Å². The maximum atomic E-state index is 12.0. The molecule has 0 unspecified atom stereocenters. The maximum Gasteiger partial charge on any atom is 0.251 e. The molecule has 2 aromatic carbocycles. The van der Waals surface area contributed by atoms with Crippen LogP contribution >= 0.6 is 0 Å². The van der Waals surface area contributed by atoms with Crippen molar-refractivity contribution < 1.29 is 9.59 Å². The van der Waals surface area contributed by atoms with Crippen LogP contribution in [0.4, 0.5) is 0 Å². The van der Waals surface area contributed by atoms with Crippen molar-refractivity contribution in [3.05, 3.63) is 70.8 Å². The molecule has 0 fully saturated rings. The first kappa shape index (κ1) is 17.9. The lowest BCUT2D eigenvalue weighted by atomic mass is 10.1. The third-order valence-corrected chi connectivity index (χ3v) is 3.83. The van der Waals surface area contributed by atoms with Crippen LogP contribution in [-0.2, 0) is 13.0 Å². The van der Waals surface area contributed by atoms with Gasteiger partial charge in [0.05, 0.1) is 0 Å². The summed E-state index contributed by atoms with van der Waals surface area (Å²) in [5, 5.41) is 6.26. The number of carbonyl (C=O) groups is 2. The lowest BCUT2D eigenvalue weighted by Crippen LogP contribution is -2.27. The third-order valence-electron chi connectivity index (χ3n) is 3.83. The standard InChI is InChI=1S/C20H24N2O2/c1-2-16-6-3-7-17(12-16)14-21-10-5-11-22-20(24)19-9-4-8-18(13-19)15-23/h3-4,6-9,12-13,15,21H,2,5,10-11,14H2,1H3,(H,22,24). The Labute approximate surface area is 143 Å². The second-order valence-corrected chi connectivity index (χ2v) is 5.70. The van der Waals surface area contributed by atoms with E-state index >= 15 is 0 Å². The van der Waals surface area contributed by atoms with E-state index in [-0.39, 0.29) is 5.91 Å². The Morgan fingerprint density at radius 2 is 1.83 bits per heavy atom. The van der Waals surface area contributed by atoms with Crippen molar-refractivity contribution >= 4 is 12.2 Å². The molecule has 0 radical (unpaired) electrons. The average molecular weight is 324 g/mol. The van der Waals surface area contributed by atoms with E-state index in [1.807, 2.05) is 0 Å². The topological polar surface area (TPSA) is 58.2 Å². The minimum Gasteiger partial charge on any atom is -0.352 e. The fourth-order valence-corrected chi connectivity index (χ4v) is 2.46. The van der Waals surface area contributed by atoms with Crippen molar-refractivity contribution in [2.24, 2.45) is 0 Å². The monoisotopic (exact) mass is 324 g/mol. The first-order valence-electron chi connectivity index (χ1n) is 8.35. The molecule has 0 aliphatic carbocycles. The number of hydrogen-bond donors (Lipinski definition) is 2. The van der Waals surface area contributed by atoms with Crippen LogP contribution < -0.4 is 10.6 Å². The molecule has 0 heterocycles. The number of rotatable bonds is 9. The van der Waals surface area contributed by atoms with E-state index in [9.17, 15) is 9.59 Å². The van der Waals surface area contributed by atoms with Gasteiger partial charge in [0.2, 0.25) is 0 Å². The molecule has 0 aliphatic heterocycles. The molecule has 1 amide bonds. The van der Waals surface area contributed by atoms with Gasteiger partial charge in [-0.25, -0.2) is 0 Å². The molecular formula is C20H24N2O2. The molecule has 2 rings (SSSR count). The molecule has 0 spiro atoms. The number of hydrogen-bond acceptors (Lipinski definition) is 3. The highest BCUT2D eigenvalue weighted by Crippen LogP contribution is 2.05. The zero-order valence-electron chi connectivity index (χ0n) is 14.0. The Morgan fingerprint density at radius 3 is 2.62 bits per heavy atom. The molecule has 0 saturated heterocycles. The van der Waals surface area contributed by atoms with Gasteiger partial charge < -0.3 is 10.6 Å². The number of amides is 1. The number of carbonyl (C=O) groups excluding carboxylic acids is 2. The van der Waals surface area contributed by atoms with Gasteiger partial charge in [-0.05, 0) is 42.6 Å². The van der Waals surface area contributed by atoms with Gasteiger partial charge in [-0.15, -0.1) is 0 Å². The van der Waals surface area contributed by atoms with Gasteiger partial charge in [0.25, 0.3) is 5.91 Å². The van der Waals surface area contributed by atoms with Gasteiger partial charge in [0, 0.05) is 24.2 Å². The molecule has 24 heavy (non-hydrogen) atoms. The summed E-state index contributed by atoms with van der Waals surface area (Å²) in [7, 11) is 0. The van der Waals surface area contributed by atoms with Crippen LogP contribution in [0.2, 0.25) is 0 Å². The number of nitrogens with one attached hydrogen (secondary N) is 2. The minimum atomic E-state index is -0.144. The van der Waals surface area contributed by atoms with E-state index in [0.717, 1.165) is 32.2 Å². The largest absolute Gasteiger partial charge is 0.352 e. The van der Waals surface area contributed by atoms with Gasteiger partial charge in [-0.1, -0.05) is 43.3 Å². The number of aldehydes is 1. The summed E-state index contributed by atoms with van der Waals surface area (Å²) < 4.78 is 0. The third kappa shape index (κ3) is 5.63. The molecule has 2 N–H and O–H groups in total. The second-order valence-electron chi connectivity index (χ2n) is 5.70. The number of benzene rings is 2. The molecule has 4 heteroatoms. The van der Waals surface area contributed by atoms with Crippen LogP contribution in [0.3, 0.4) is 0 Å². The zero-order valence-corrected chi connectivity index (χ0v) is 14.0. The second kappa shape index (κ2) is 9.63. The highest BCUT2D eigenvalue weighted by Gasteiger charge is 2.05. The lowest BCUT2D eigenvalue weighted by molar-refractivity contribution is 0.0953. The molecular weight excluding hydrogens is 300 g/mol. The van der Waals surface area contributed by atoms with Crippen LogP contribution in [0, 0.1) is 0 Å². The Morgan fingerprint density at radius 1 is 1.04 bits per heavy atom. The Bertz CT molecular complexity index is 683. The summed E-state index contributed by atoms with van der Waals surface area (Å²) in [6.45, 7) is 4.43. The van der Waals surface area contributed by atoms with E-state index in [0.29, 0.717) is 17.7 Å². The smallest absolute Gasteiger partial charge is 0.251 e. The van der Waals surface area contributed by atoms with Gasteiger partial charge in [0.15, 0.2) is 0 Å². The predicted molar refractivity (Wildman–Crippen MR) is 96.3 cm³/mol. The molecule has 2 aromatic rings. The van der Waals surface area contributed by atoms with E-state index in [1.165, 1.54) is 11.1 Å². The van der Waals surface area contributed by atoms with Gasteiger partial charge in [-0.2, -0.15) is 0 Å². The molecule has 0 aliphatic rings. The number of aryl methyl sites for hydroxylation is 1.